The molecule has 0 aliphatic heterocycles. The number of nitrogens with one attached hydrogen (secondary N) is 1. The van der Waals surface area contributed by atoms with Crippen LogP contribution in [0, 0.1) is 19.7 Å². The third-order valence-corrected chi connectivity index (χ3v) is 3.23. The summed E-state index contributed by atoms with van der Waals surface area (Å²) in [5.74, 6) is -0.118. The number of hydrogen-bond acceptors (Lipinski definition) is 2. The van der Waals surface area contributed by atoms with Gasteiger partial charge in [0.15, 0.2) is 6.10 Å². The number of para-hydroxylation sites is 1. The van der Waals surface area contributed by atoms with Crippen molar-refractivity contribution in [2.75, 3.05) is 5.32 Å². The lowest BCUT2D eigenvalue weighted by Crippen LogP contribution is -2.30. The van der Waals surface area contributed by atoms with E-state index in [1.807, 2.05) is 32.0 Å². The van der Waals surface area contributed by atoms with E-state index in [0.717, 1.165) is 16.8 Å². The Morgan fingerprint density at radius 2 is 1.67 bits per heavy atom. The van der Waals surface area contributed by atoms with Crippen molar-refractivity contribution in [3.63, 3.8) is 0 Å². The zero-order valence-corrected chi connectivity index (χ0v) is 12.3. The van der Waals surface area contributed by atoms with Crippen LogP contribution in [-0.4, -0.2) is 12.0 Å². The summed E-state index contributed by atoms with van der Waals surface area (Å²) in [5, 5.41) is 2.87. The fraction of sp³-hybridized carbons (Fsp3) is 0.235. The molecular formula is C17H18FNO2. The van der Waals surface area contributed by atoms with Crippen molar-refractivity contribution in [3.05, 3.63) is 59.4 Å². The van der Waals surface area contributed by atoms with Crippen LogP contribution in [0.1, 0.15) is 18.1 Å². The van der Waals surface area contributed by atoms with Crippen LogP contribution in [0.15, 0.2) is 42.5 Å². The molecule has 1 unspecified atom stereocenters. The predicted octanol–water partition coefficient (Wildman–Crippen LogP) is 3.85. The number of ether oxygens (including phenoxy) is 1. The van der Waals surface area contributed by atoms with Gasteiger partial charge in [0.25, 0.3) is 5.91 Å². The molecule has 1 amide bonds. The smallest absolute Gasteiger partial charge is 0.265 e. The third-order valence-electron chi connectivity index (χ3n) is 3.23. The fourth-order valence-electron chi connectivity index (χ4n) is 2.01. The van der Waals surface area contributed by atoms with Crippen LogP contribution in [0.25, 0.3) is 0 Å². The van der Waals surface area contributed by atoms with Crippen molar-refractivity contribution >= 4 is 11.6 Å². The molecule has 2 aromatic carbocycles. The second-order valence-corrected chi connectivity index (χ2v) is 4.97. The van der Waals surface area contributed by atoms with Crippen molar-refractivity contribution < 1.29 is 13.9 Å². The Morgan fingerprint density at radius 3 is 2.24 bits per heavy atom. The molecule has 0 spiro atoms. The van der Waals surface area contributed by atoms with E-state index in [2.05, 4.69) is 5.32 Å². The highest BCUT2D eigenvalue weighted by molar-refractivity contribution is 5.95. The monoisotopic (exact) mass is 287 g/mol. The van der Waals surface area contributed by atoms with Crippen LogP contribution >= 0.6 is 0 Å². The van der Waals surface area contributed by atoms with E-state index >= 15 is 0 Å². The largest absolute Gasteiger partial charge is 0.481 e. The molecule has 1 atom stereocenters. The Hall–Kier alpha value is -2.36. The van der Waals surface area contributed by atoms with Crippen molar-refractivity contribution in [3.8, 4) is 5.75 Å². The van der Waals surface area contributed by atoms with Crippen molar-refractivity contribution in [2.45, 2.75) is 26.9 Å². The minimum Gasteiger partial charge on any atom is -0.481 e. The van der Waals surface area contributed by atoms with Gasteiger partial charge in [0.2, 0.25) is 0 Å². The van der Waals surface area contributed by atoms with E-state index in [0.29, 0.717) is 5.75 Å². The first-order chi connectivity index (χ1) is 9.97. The maximum atomic E-state index is 12.8. The molecule has 4 heteroatoms. The number of amides is 1. The lowest BCUT2D eigenvalue weighted by molar-refractivity contribution is -0.122. The standard InChI is InChI=1S/C17H18FNO2/c1-11-5-4-6-12(2)16(11)19-17(20)13(3)21-15-9-7-14(18)8-10-15/h4-10,13H,1-3H3,(H,19,20). The number of hydrogen-bond donors (Lipinski definition) is 1. The van der Waals surface area contributed by atoms with Crippen LogP contribution in [-0.2, 0) is 4.79 Å². The van der Waals surface area contributed by atoms with E-state index in [1.54, 1.807) is 6.92 Å². The minimum atomic E-state index is -0.672. The van der Waals surface area contributed by atoms with Crippen LogP contribution in [0.5, 0.6) is 5.75 Å². The minimum absolute atomic E-state index is 0.239. The lowest BCUT2D eigenvalue weighted by atomic mass is 10.1. The normalized spacial score (nSPS) is 11.8. The number of halogens is 1. The number of anilines is 1. The second-order valence-electron chi connectivity index (χ2n) is 4.97. The maximum absolute atomic E-state index is 12.8. The van der Waals surface area contributed by atoms with Crippen LogP contribution < -0.4 is 10.1 Å². The van der Waals surface area contributed by atoms with Gasteiger partial charge in [-0.3, -0.25) is 4.79 Å². The molecule has 0 heterocycles. The third kappa shape index (κ3) is 3.81. The number of benzene rings is 2. The van der Waals surface area contributed by atoms with Gasteiger partial charge in [-0.25, -0.2) is 4.39 Å². The van der Waals surface area contributed by atoms with Crippen LogP contribution in [0.3, 0.4) is 0 Å². The Morgan fingerprint density at radius 1 is 1.10 bits per heavy atom. The molecule has 0 aliphatic rings. The van der Waals surface area contributed by atoms with Gasteiger partial charge in [0.05, 0.1) is 0 Å². The topological polar surface area (TPSA) is 38.3 Å². The van der Waals surface area contributed by atoms with Gasteiger partial charge in [0, 0.05) is 5.69 Å². The number of carbonyl (C=O) groups is 1. The van der Waals surface area contributed by atoms with E-state index in [4.69, 9.17) is 4.74 Å². The Balaban J connectivity index is 2.04. The highest BCUT2D eigenvalue weighted by Crippen LogP contribution is 2.20. The first kappa shape index (κ1) is 15.0. The van der Waals surface area contributed by atoms with Crippen LogP contribution in [0.2, 0.25) is 0 Å². The molecule has 0 bridgehead atoms. The molecule has 1 N–H and O–H groups in total. The summed E-state index contributed by atoms with van der Waals surface area (Å²) in [6, 6.07) is 11.4. The SMILES string of the molecule is Cc1cccc(C)c1NC(=O)C(C)Oc1ccc(F)cc1. The number of carbonyl (C=O) groups excluding carboxylic acids is 1. The zero-order chi connectivity index (χ0) is 15.4. The molecule has 3 nitrogen and oxygen atoms in total. The molecule has 0 aromatic heterocycles. The van der Waals surface area contributed by atoms with Gasteiger partial charge in [-0.15, -0.1) is 0 Å². The highest BCUT2D eigenvalue weighted by atomic mass is 19.1. The molecule has 0 radical (unpaired) electrons. The van der Waals surface area contributed by atoms with Gasteiger partial charge in [-0.05, 0) is 56.2 Å². The van der Waals surface area contributed by atoms with Gasteiger partial charge in [-0.2, -0.15) is 0 Å². The number of aryl methyl sites for hydroxylation is 2. The summed E-state index contributed by atoms with van der Waals surface area (Å²) >= 11 is 0. The molecule has 2 aromatic rings. The average molecular weight is 287 g/mol. The number of rotatable bonds is 4. The summed E-state index contributed by atoms with van der Waals surface area (Å²) in [7, 11) is 0. The first-order valence-corrected chi connectivity index (χ1v) is 6.76. The molecule has 110 valence electrons. The van der Waals surface area contributed by atoms with E-state index in [9.17, 15) is 9.18 Å². The summed E-state index contributed by atoms with van der Waals surface area (Å²) in [6.07, 6.45) is -0.672. The predicted molar refractivity (Wildman–Crippen MR) is 81.0 cm³/mol. The van der Waals surface area contributed by atoms with E-state index in [1.165, 1.54) is 24.3 Å². The van der Waals surface area contributed by atoms with E-state index in [-0.39, 0.29) is 11.7 Å². The van der Waals surface area contributed by atoms with Gasteiger partial charge in [-0.1, -0.05) is 18.2 Å². The quantitative estimate of drug-likeness (QED) is 0.927. The average Bonchev–Trinajstić information content (AvgIpc) is 2.45. The molecule has 0 saturated carbocycles. The Kier molecular flexibility index (Phi) is 4.58. The summed E-state index contributed by atoms with van der Waals surface area (Å²) in [6.45, 7) is 5.54. The summed E-state index contributed by atoms with van der Waals surface area (Å²) in [4.78, 5) is 12.2. The highest BCUT2D eigenvalue weighted by Gasteiger charge is 2.16. The fourth-order valence-corrected chi connectivity index (χ4v) is 2.01. The first-order valence-electron chi connectivity index (χ1n) is 6.76. The van der Waals surface area contributed by atoms with Gasteiger partial charge < -0.3 is 10.1 Å². The van der Waals surface area contributed by atoms with E-state index < -0.39 is 6.10 Å². The molecule has 0 fully saturated rings. The molecule has 0 saturated heterocycles. The molecular weight excluding hydrogens is 269 g/mol. The maximum Gasteiger partial charge on any atom is 0.265 e. The summed E-state index contributed by atoms with van der Waals surface area (Å²) in [5.41, 5.74) is 2.80. The van der Waals surface area contributed by atoms with Gasteiger partial charge in [0.1, 0.15) is 11.6 Å². The van der Waals surface area contributed by atoms with Gasteiger partial charge >= 0.3 is 0 Å². The second kappa shape index (κ2) is 6.39. The van der Waals surface area contributed by atoms with Crippen molar-refractivity contribution in [1.29, 1.82) is 0 Å². The molecule has 0 aliphatic carbocycles. The Bertz CT molecular complexity index is 617. The van der Waals surface area contributed by atoms with Crippen molar-refractivity contribution in [2.24, 2.45) is 0 Å². The lowest BCUT2D eigenvalue weighted by Gasteiger charge is -2.17. The van der Waals surface area contributed by atoms with Crippen molar-refractivity contribution in [1.82, 2.24) is 0 Å². The Labute approximate surface area is 123 Å². The summed E-state index contributed by atoms with van der Waals surface area (Å²) < 4.78 is 18.3. The molecule has 2 rings (SSSR count). The zero-order valence-electron chi connectivity index (χ0n) is 12.3. The van der Waals surface area contributed by atoms with Crippen LogP contribution in [0.4, 0.5) is 10.1 Å². The molecule has 21 heavy (non-hydrogen) atoms.